The van der Waals surface area contributed by atoms with E-state index in [0.29, 0.717) is 103 Å². The lowest BCUT2D eigenvalue weighted by Gasteiger charge is -2.22. The van der Waals surface area contributed by atoms with Gasteiger partial charge in [0, 0.05) is 153 Å². The number of H-pyrrole nitrogens is 1. The van der Waals surface area contributed by atoms with Crippen LogP contribution in [0.1, 0.15) is 174 Å². The number of hydrogen-bond donors (Lipinski definition) is 6. The molecule has 6 aromatic heterocycles. The fraction of sp³-hybridized carbons (Fsp3) is 0.221. The minimum absolute atomic E-state index is 0.0195. The maximum absolute atomic E-state index is 14.4. The van der Waals surface area contributed by atoms with E-state index < -0.39 is 149 Å². The number of pyridine rings is 3. The molecule has 0 spiro atoms. The molecule has 658 valence electrons. The van der Waals surface area contributed by atoms with Crippen molar-refractivity contribution in [1.29, 1.82) is 0 Å². The van der Waals surface area contributed by atoms with Crippen molar-refractivity contribution in [2.45, 2.75) is 120 Å². The molecule has 0 saturated heterocycles. The van der Waals surface area contributed by atoms with Gasteiger partial charge in [0.25, 0.3) is 18.8 Å². The average molecular weight is 1770 g/mol. The van der Waals surface area contributed by atoms with E-state index in [2.05, 4.69) is 53.9 Å². The van der Waals surface area contributed by atoms with Crippen LogP contribution >= 0.6 is 0 Å². The average Bonchev–Trinajstić information content (AvgIpc) is 1.53. The smallest absolute Gasteiger partial charge is 0.399 e. The quantitative estimate of drug-likeness (QED) is 0.0188. The number of halogens is 15. The lowest BCUT2D eigenvalue weighted by atomic mass is 9.86. The summed E-state index contributed by atoms with van der Waals surface area (Å²) in [5.74, 6) is -11.5. The summed E-state index contributed by atoms with van der Waals surface area (Å²) >= 11 is 0. The minimum Gasteiger partial charge on any atom is -0.399 e. The first-order valence-electron chi connectivity index (χ1n) is 40.1. The maximum atomic E-state index is 14.4. The molecule has 6 heterocycles. The van der Waals surface area contributed by atoms with Crippen LogP contribution in [-0.4, -0.2) is 75.7 Å². The molecule has 7 aromatic carbocycles. The van der Waals surface area contributed by atoms with Crippen LogP contribution in [-0.2, 0) is 59.3 Å². The number of aromatic nitrogens is 8. The molecular formula is C95H78F15N13O5. The number of ketones is 3. The Morgan fingerprint density at radius 1 is 0.547 bits per heavy atom. The Morgan fingerprint density at radius 3 is 1.52 bits per heavy atom. The molecule has 128 heavy (non-hydrogen) atoms. The van der Waals surface area contributed by atoms with E-state index in [1.165, 1.54) is 60.9 Å². The number of nitrogens with zero attached hydrogens (tertiary/aromatic N) is 7. The van der Waals surface area contributed by atoms with Crippen molar-refractivity contribution in [3.05, 3.63) is 344 Å². The van der Waals surface area contributed by atoms with Gasteiger partial charge in [-0.05, 0) is 198 Å². The number of nitrogens with one attached hydrogen (secondary N) is 3. The fourth-order valence-electron chi connectivity index (χ4n) is 16.5. The van der Waals surface area contributed by atoms with Crippen LogP contribution in [0, 0.1) is 52.5 Å². The summed E-state index contributed by atoms with van der Waals surface area (Å²) in [7, 11) is 1.55. The Bertz CT molecular complexity index is 6440. The topological polar surface area (TPSA) is 278 Å². The van der Waals surface area contributed by atoms with E-state index >= 15 is 0 Å². The zero-order valence-corrected chi connectivity index (χ0v) is 67.9. The van der Waals surface area contributed by atoms with Crippen LogP contribution in [0.2, 0.25) is 0 Å². The molecular weight excluding hydrogens is 1690 g/mol. The molecule has 16 rings (SSSR count). The Balaban J connectivity index is 0.000000156. The second-order valence-corrected chi connectivity index (χ2v) is 31.4. The number of hydrogen-bond acceptors (Lipinski definition) is 13. The van der Waals surface area contributed by atoms with Crippen molar-refractivity contribution in [1.82, 2.24) is 50.1 Å². The number of amides is 2. The minimum atomic E-state index is -4.80. The highest BCUT2D eigenvalue weighted by molar-refractivity contribution is 6.05. The summed E-state index contributed by atoms with van der Waals surface area (Å²) in [4.78, 5) is 82.0. The first-order chi connectivity index (χ1) is 61.0. The predicted molar refractivity (Wildman–Crippen MR) is 448 cm³/mol. The zero-order valence-electron chi connectivity index (χ0n) is 67.9. The van der Waals surface area contributed by atoms with Gasteiger partial charge in [-0.2, -0.15) is 23.4 Å². The number of fused-ring (bicyclic) bond motifs is 4. The van der Waals surface area contributed by atoms with E-state index in [1.54, 1.807) is 80.1 Å². The summed E-state index contributed by atoms with van der Waals surface area (Å²) in [6.45, 7) is 5.83. The van der Waals surface area contributed by atoms with Gasteiger partial charge in [0.1, 0.15) is 76.7 Å². The monoisotopic (exact) mass is 1770 g/mol. The number of carbonyl (C=O) groups excluding carboxylic acids is 5. The summed E-state index contributed by atoms with van der Waals surface area (Å²) in [5, 5.41) is 13.8. The van der Waals surface area contributed by atoms with Crippen LogP contribution in [0.4, 0.5) is 71.5 Å². The Kier molecular flexibility index (Phi) is 26.6. The first kappa shape index (κ1) is 90.0. The number of alkyl halides is 7. The van der Waals surface area contributed by atoms with Crippen LogP contribution in [0.3, 0.4) is 0 Å². The second-order valence-electron chi connectivity index (χ2n) is 31.4. The molecule has 33 heteroatoms. The summed E-state index contributed by atoms with van der Waals surface area (Å²) < 4.78 is 212. The van der Waals surface area contributed by atoms with Gasteiger partial charge in [-0.3, -0.25) is 48.3 Å². The van der Waals surface area contributed by atoms with E-state index in [1.807, 2.05) is 18.2 Å². The number of benzene rings is 7. The molecule has 3 aliphatic rings. The van der Waals surface area contributed by atoms with E-state index in [4.69, 9.17) is 17.2 Å². The number of rotatable bonds is 29. The third-order valence-electron chi connectivity index (χ3n) is 22.2. The van der Waals surface area contributed by atoms with Crippen LogP contribution in [0.5, 0.6) is 0 Å². The molecule has 13 aromatic rings. The number of Topliss-reactive ketones (excluding diaryl/α,β-unsaturated/α-hetero) is 3. The molecule has 0 aliphatic heterocycles. The van der Waals surface area contributed by atoms with Gasteiger partial charge in [0.15, 0.2) is 23.0 Å². The molecule has 9 N–H and O–H groups in total. The number of anilines is 1. The van der Waals surface area contributed by atoms with Crippen LogP contribution < -0.4 is 27.8 Å². The largest absolute Gasteiger partial charge is 0.435 e. The van der Waals surface area contributed by atoms with Crippen molar-refractivity contribution in [3.8, 4) is 33.4 Å². The zero-order chi connectivity index (χ0) is 91.4. The van der Waals surface area contributed by atoms with Gasteiger partial charge < -0.3 is 32.8 Å². The van der Waals surface area contributed by atoms with Crippen molar-refractivity contribution in [2.75, 3.05) is 12.8 Å². The second kappa shape index (κ2) is 37.9. The number of aromatic amines is 1. The van der Waals surface area contributed by atoms with Gasteiger partial charge >= 0.3 is 6.18 Å². The molecule has 2 unspecified atom stereocenters. The van der Waals surface area contributed by atoms with Gasteiger partial charge in [0.2, 0.25) is 5.91 Å². The standard InChI is InChI=1S/C32H27F7N4O.C32H24F6N4O2.C31H27F2N5O2/c1-16(40)25-13-19(6-7-26(25)35)24-3-2-8-41-28(24)20(9-17-10-21(33)14-22(34)11-17)12-23(44)15-43-30(32(38)39)27(18-4-5-18)29(42-43)31(36)37;1-15(39)23-11-17(4-5-26(23)35)22-3-2-6-40-28(22)18(7-16-8-19(33)12-20(34)9-16)10-21(43)14-42-29-27(24-13-25(24)30(29)44)31(41-42)32(36,37)38;1-35-31(40)20-5-2-4-19(13-20)25-6-3-9-36-30(25)28(12-18-10-22(32)15-23(33)11-18)38-29(39)14-21-17-37-27-8-7-24(34)16-26(21)27/h2-3,6-8,10-11,13-14,18,20,31-32H,1,4-5,9,12,15,40H2;2-6,8-9,11-12,18,24-25H,1,7,10,13-14,39H2;2-11,13,15-17,28,37H,12,14,34H2,1H3,(H,35,40)(H,38,39)/t20-;18-,24?,25?;28-/m110/s1. The van der Waals surface area contributed by atoms with Crippen molar-refractivity contribution < 1.29 is 89.8 Å². The van der Waals surface area contributed by atoms with Crippen molar-refractivity contribution in [2.24, 2.45) is 17.4 Å². The molecule has 2 saturated carbocycles. The van der Waals surface area contributed by atoms with Crippen molar-refractivity contribution in [3.63, 3.8) is 0 Å². The normalized spacial score (nSPS) is 14.6. The molecule has 3 aliphatic carbocycles. The molecule has 2 amide bonds. The lowest BCUT2D eigenvalue weighted by Crippen LogP contribution is -2.32. The third kappa shape index (κ3) is 20.6. The van der Waals surface area contributed by atoms with E-state index in [0.717, 1.165) is 51.5 Å². The number of nitrogen functional groups attached to an aromatic ring is 1. The highest BCUT2D eigenvalue weighted by Gasteiger charge is 2.59. The van der Waals surface area contributed by atoms with Crippen LogP contribution in [0.15, 0.2) is 208 Å². The lowest BCUT2D eigenvalue weighted by molar-refractivity contribution is -0.142. The summed E-state index contributed by atoms with van der Waals surface area (Å²) in [6.07, 6.45) is -4.27. The predicted octanol–water partition coefficient (Wildman–Crippen LogP) is 19.7. The SMILES string of the molecule is C=C(N)c1cc(-c2cccnc2[C@@H](CC(=O)Cn2nc(C(F)(F)F)c3c2C(=O)C2CC32)Cc2cc(F)cc(F)c2)ccc1F.C=C(N)c1cc(-c2cccnc2[C@@H](CC(=O)Cn2nc(C(F)F)c(C3CC3)c2C(F)F)Cc2cc(F)cc(F)c2)ccc1F.CNC(=O)c1cccc(-c2cccnc2[C@H](Cc2cc(F)cc(F)c2)NC(=O)Cc2c[nH]c3ccc(N)cc23)c1. The van der Waals surface area contributed by atoms with E-state index in [9.17, 15) is 89.8 Å². The molecule has 18 nitrogen and oxygen atoms in total. The molecule has 5 atom stereocenters. The van der Waals surface area contributed by atoms with Crippen molar-refractivity contribution >= 4 is 57.1 Å². The van der Waals surface area contributed by atoms with Gasteiger partial charge in [-0.1, -0.05) is 55.6 Å². The first-order valence-corrected chi connectivity index (χ1v) is 40.1. The van der Waals surface area contributed by atoms with Gasteiger partial charge in [0.05, 0.1) is 29.5 Å². The number of nitrogens with two attached hydrogens (primary N) is 3. The molecule has 2 fully saturated rings. The number of carbonyl (C=O) groups is 5. The highest BCUT2D eigenvalue weighted by Crippen LogP contribution is 2.59. The molecule has 0 bridgehead atoms. The Morgan fingerprint density at radius 2 is 1.04 bits per heavy atom. The van der Waals surface area contributed by atoms with Gasteiger partial charge in [-0.25, -0.2) is 52.7 Å². The summed E-state index contributed by atoms with van der Waals surface area (Å²) in [6, 6.07) is 39.1. The highest BCUT2D eigenvalue weighted by atomic mass is 19.4. The Labute approximate surface area is 721 Å². The molecule has 0 radical (unpaired) electrons. The third-order valence-corrected chi connectivity index (χ3v) is 22.2. The van der Waals surface area contributed by atoms with E-state index in [-0.39, 0.29) is 101 Å². The Hall–Kier alpha value is -14.3. The van der Waals surface area contributed by atoms with Crippen LogP contribution in [0.25, 0.3) is 55.7 Å². The summed E-state index contributed by atoms with van der Waals surface area (Å²) in [5.41, 5.74) is 22.1. The fourth-order valence-corrected chi connectivity index (χ4v) is 16.5. The van der Waals surface area contributed by atoms with Gasteiger partial charge in [-0.15, -0.1) is 0 Å². The maximum Gasteiger partial charge on any atom is 0.435 e.